The molecule has 1 aromatic heterocycles. The van der Waals surface area contributed by atoms with E-state index in [2.05, 4.69) is 22.1 Å². The summed E-state index contributed by atoms with van der Waals surface area (Å²) in [4.78, 5) is 6.74. The zero-order valence-corrected chi connectivity index (χ0v) is 13.7. The highest BCUT2D eigenvalue weighted by Crippen LogP contribution is 2.20. The summed E-state index contributed by atoms with van der Waals surface area (Å²) in [5.41, 5.74) is 0.456. The first-order valence-electron chi connectivity index (χ1n) is 7.64. The Morgan fingerprint density at radius 2 is 2.26 bits per heavy atom. The Hall–Kier alpha value is -1.85. The summed E-state index contributed by atoms with van der Waals surface area (Å²) in [6.07, 6.45) is 0. The second-order valence-electron chi connectivity index (χ2n) is 5.66. The van der Waals surface area contributed by atoms with Gasteiger partial charge in [-0.05, 0) is 25.1 Å². The molecule has 4 nitrogen and oxygen atoms in total. The first-order chi connectivity index (χ1) is 11.1. The van der Waals surface area contributed by atoms with Gasteiger partial charge in [0.05, 0.1) is 0 Å². The van der Waals surface area contributed by atoms with Crippen LogP contribution in [-0.2, 0) is 6.61 Å². The van der Waals surface area contributed by atoms with E-state index in [-0.39, 0.29) is 12.4 Å². The van der Waals surface area contributed by atoms with Crippen molar-refractivity contribution in [2.24, 2.45) is 0 Å². The van der Waals surface area contributed by atoms with Gasteiger partial charge in [-0.2, -0.15) is 4.98 Å². The summed E-state index contributed by atoms with van der Waals surface area (Å²) >= 11 is 5.75. The molecule has 23 heavy (non-hydrogen) atoms. The minimum absolute atomic E-state index is 0.122. The van der Waals surface area contributed by atoms with Gasteiger partial charge in [0, 0.05) is 42.3 Å². The van der Waals surface area contributed by atoms with Crippen LogP contribution in [0.25, 0.3) is 0 Å². The van der Waals surface area contributed by atoms with Crippen molar-refractivity contribution in [3.63, 3.8) is 0 Å². The predicted molar refractivity (Wildman–Crippen MR) is 89.7 cm³/mol. The van der Waals surface area contributed by atoms with E-state index in [9.17, 15) is 4.39 Å². The highest BCUT2D eigenvalue weighted by molar-refractivity contribution is 6.30. The maximum absolute atomic E-state index is 13.8. The Balaban J connectivity index is 1.67. The van der Waals surface area contributed by atoms with Crippen LogP contribution in [0, 0.1) is 5.82 Å². The molecule has 1 aliphatic rings. The summed E-state index contributed by atoms with van der Waals surface area (Å²) in [6.45, 7) is 5.02. The first kappa shape index (κ1) is 16.0. The molecule has 0 spiro atoms. The molecular formula is C17H19ClFN3O. The molecule has 0 saturated carbocycles. The van der Waals surface area contributed by atoms with E-state index < -0.39 is 0 Å². The minimum Gasteiger partial charge on any atom is -0.473 e. The monoisotopic (exact) mass is 335 g/mol. The van der Waals surface area contributed by atoms with E-state index in [1.807, 2.05) is 12.1 Å². The summed E-state index contributed by atoms with van der Waals surface area (Å²) in [6, 6.07) is 10.6. The average Bonchev–Trinajstić information content (AvgIpc) is 2.54. The van der Waals surface area contributed by atoms with Crippen molar-refractivity contribution in [1.82, 2.24) is 10.3 Å². The third-order valence-electron chi connectivity index (χ3n) is 3.79. The minimum atomic E-state index is -0.371. The van der Waals surface area contributed by atoms with Gasteiger partial charge in [-0.15, -0.1) is 0 Å². The van der Waals surface area contributed by atoms with Gasteiger partial charge in [-0.3, -0.25) is 0 Å². The Morgan fingerprint density at radius 3 is 3.04 bits per heavy atom. The molecule has 2 heterocycles. The molecule has 1 aliphatic heterocycles. The fourth-order valence-electron chi connectivity index (χ4n) is 2.59. The molecule has 2 aromatic rings. The number of aromatic nitrogens is 1. The lowest BCUT2D eigenvalue weighted by Crippen LogP contribution is -2.49. The van der Waals surface area contributed by atoms with Gasteiger partial charge < -0.3 is 15.0 Å². The molecule has 0 unspecified atom stereocenters. The van der Waals surface area contributed by atoms with Crippen molar-refractivity contribution in [1.29, 1.82) is 0 Å². The van der Waals surface area contributed by atoms with Crippen LogP contribution in [0.2, 0.25) is 5.02 Å². The van der Waals surface area contributed by atoms with E-state index in [4.69, 9.17) is 16.3 Å². The van der Waals surface area contributed by atoms with Crippen LogP contribution in [0.15, 0.2) is 36.4 Å². The second kappa shape index (κ2) is 7.15. The lowest BCUT2D eigenvalue weighted by Gasteiger charge is -2.32. The van der Waals surface area contributed by atoms with Gasteiger partial charge in [0.25, 0.3) is 0 Å². The molecule has 0 aliphatic carbocycles. The van der Waals surface area contributed by atoms with E-state index in [1.54, 1.807) is 18.2 Å². The van der Waals surface area contributed by atoms with Crippen LogP contribution in [0.5, 0.6) is 5.88 Å². The smallest absolute Gasteiger partial charge is 0.215 e. The van der Waals surface area contributed by atoms with Crippen molar-refractivity contribution >= 4 is 17.4 Å². The zero-order valence-electron chi connectivity index (χ0n) is 12.9. The summed E-state index contributed by atoms with van der Waals surface area (Å²) in [5, 5.41) is 3.77. The molecule has 1 fully saturated rings. The van der Waals surface area contributed by atoms with Crippen LogP contribution >= 0.6 is 11.6 Å². The number of nitrogens with one attached hydrogen (secondary N) is 1. The first-order valence-corrected chi connectivity index (χ1v) is 8.02. The molecule has 1 atom stereocenters. The van der Waals surface area contributed by atoms with Gasteiger partial charge >= 0.3 is 0 Å². The van der Waals surface area contributed by atoms with Gasteiger partial charge in [-0.1, -0.05) is 23.7 Å². The Labute approximate surface area is 140 Å². The number of hydrogen-bond donors (Lipinski definition) is 1. The lowest BCUT2D eigenvalue weighted by molar-refractivity contribution is 0.288. The number of anilines is 1. The summed E-state index contributed by atoms with van der Waals surface area (Å²) < 4.78 is 19.4. The third-order valence-corrected chi connectivity index (χ3v) is 4.03. The number of hydrogen-bond acceptors (Lipinski definition) is 4. The highest BCUT2D eigenvalue weighted by atomic mass is 35.5. The molecule has 1 saturated heterocycles. The molecule has 1 N–H and O–H groups in total. The van der Waals surface area contributed by atoms with Gasteiger partial charge in [0.1, 0.15) is 18.2 Å². The van der Waals surface area contributed by atoms with Gasteiger partial charge in [0.2, 0.25) is 5.88 Å². The van der Waals surface area contributed by atoms with E-state index in [0.29, 0.717) is 22.5 Å². The van der Waals surface area contributed by atoms with E-state index in [1.165, 1.54) is 6.07 Å². The topological polar surface area (TPSA) is 37.4 Å². The molecular weight excluding hydrogens is 317 g/mol. The lowest BCUT2D eigenvalue weighted by atomic mass is 10.2. The molecule has 0 radical (unpaired) electrons. The van der Waals surface area contributed by atoms with E-state index in [0.717, 1.165) is 25.5 Å². The van der Waals surface area contributed by atoms with Crippen molar-refractivity contribution in [2.45, 2.75) is 19.6 Å². The number of halogens is 2. The van der Waals surface area contributed by atoms with Gasteiger partial charge in [0.15, 0.2) is 0 Å². The highest BCUT2D eigenvalue weighted by Gasteiger charge is 2.17. The maximum Gasteiger partial charge on any atom is 0.215 e. The van der Waals surface area contributed by atoms with Crippen molar-refractivity contribution in [2.75, 3.05) is 24.5 Å². The number of benzene rings is 1. The molecule has 6 heteroatoms. The Bertz CT molecular complexity index is 683. The largest absolute Gasteiger partial charge is 0.473 e. The van der Waals surface area contributed by atoms with Crippen LogP contribution in [0.3, 0.4) is 0 Å². The number of nitrogens with zero attached hydrogens (tertiary/aromatic N) is 2. The number of pyridine rings is 1. The number of rotatable bonds is 4. The van der Waals surface area contributed by atoms with Crippen LogP contribution in [-0.4, -0.2) is 30.7 Å². The molecule has 122 valence electrons. The summed E-state index contributed by atoms with van der Waals surface area (Å²) in [5.74, 6) is 1.00. The molecule has 0 bridgehead atoms. The van der Waals surface area contributed by atoms with E-state index >= 15 is 0 Å². The van der Waals surface area contributed by atoms with Crippen molar-refractivity contribution < 1.29 is 9.13 Å². The van der Waals surface area contributed by atoms with Crippen LogP contribution in [0.4, 0.5) is 10.2 Å². The molecule has 1 aromatic carbocycles. The predicted octanol–water partition coefficient (Wildman–Crippen LogP) is 3.25. The number of piperazine rings is 1. The fourth-order valence-corrected chi connectivity index (χ4v) is 2.75. The maximum atomic E-state index is 13.8. The van der Waals surface area contributed by atoms with Gasteiger partial charge in [-0.25, -0.2) is 4.39 Å². The second-order valence-corrected chi connectivity index (χ2v) is 6.10. The van der Waals surface area contributed by atoms with Crippen molar-refractivity contribution in [3.8, 4) is 5.88 Å². The Kier molecular flexibility index (Phi) is 4.98. The standard InChI is InChI=1S/C17H19ClFN3O/c1-12-10-22(8-7-20-12)16-3-2-4-17(21-16)23-11-13-5-6-14(18)9-15(13)19/h2-6,9,12,20H,7-8,10-11H2,1H3/t12-/m0/s1. The zero-order chi connectivity index (χ0) is 16.2. The fraction of sp³-hybridized carbons (Fsp3) is 0.353. The third kappa shape index (κ3) is 4.12. The SMILES string of the molecule is C[C@H]1CN(c2cccc(OCc3ccc(Cl)cc3F)n2)CCN1. The Morgan fingerprint density at radius 1 is 1.39 bits per heavy atom. The number of ether oxygens (including phenoxy) is 1. The van der Waals surface area contributed by atoms with Crippen LogP contribution < -0.4 is 15.0 Å². The average molecular weight is 336 g/mol. The van der Waals surface area contributed by atoms with Crippen LogP contribution in [0.1, 0.15) is 12.5 Å². The van der Waals surface area contributed by atoms with Crippen molar-refractivity contribution in [3.05, 3.63) is 52.8 Å². The normalized spacial score (nSPS) is 18.0. The molecule has 3 rings (SSSR count). The molecule has 0 amide bonds. The quantitative estimate of drug-likeness (QED) is 0.930. The summed E-state index contributed by atoms with van der Waals surface area (Å²) in [7, 11) is 0.